The van der Waals surface area contributed by atoms with E-state index < -0.39 is 29.2 Å². The average molecular weight is 535 g/mol. The third kappa shape index (κ3) is 7.77. The number of hydrogen-bond donors (Lipinski definition) is 2. The molecule has 2 rings (SSSR count). The van der Waals surface area contributed by atoms with E-state index in [1.807, 2.05) is 13.8 Å². The number of halogens is 1. The second-order valence-electron chi connectivity index (χ2n) is 10.1. The fraction of sp³-hybridized carbons (Fsp3) is 0.556. The van der Waals surface area contributed by atoms with E-state index in [1.165, 1.54) is 30.0 Å². The molecular weight excluding hydrogens is 495 g/mol. The largest absolute Gasteiger partial charge is 0.496 e. The van der Waals surface area contributed by atoms with Gasteiger partial charge < -0.3 is 20.0 Å². The summed E-state index contributed by atoms with van der Waals surface area (Å²) in [6.45, 7) is 12.0. The molecule has 10 nitrogen and oxygen atoms in total. The van der Waals surface area contributed by atoms with Crippen LogP contribution in [0, 0.1) is 17.7 Å². The topological polar surface area (TPSA) is 124 Å². The fourth-order valence-electron chi connectivity index (χ4n) is 3.65. The van der Waals surface area contributed by atoms with Gasteiger partial charge in [-0.3, -0.25) is 18.7 Å². The number of aliphatic hydroxyl groups is 1. The van der Waals surface area contributed by atoms with Gasteiger partial charge in [0.2, 0.25) is 5.91 Å². The molecule has 2 N–H and O–H groups in total. The molecule has 2 atom stereocenters. The van der Waals surface area contributed by atoms with Gasteiger partial charge in [-0.25, -0.2) is 9.18 Å². The van der Waals surface area contributed by atoms with Crippen LogP contribution in [0.5, 0.6) is 5.75 Å². The number of amides is 1. The maximum Gasteiger partial charge on any atom is 0.331 e. The van der Waals surface area contributed by atoms with Crippen LogP contribution in [0.3, 0.4) is 0 Å². The fourth-order valence-corrected chi connectivity index (χ4v) is 3.65. The van der Waals surface area contributed by atoms with Crippen molar-refractivity contribution in [3.63, 3.8) is 0 Å². The van der Waals surface area contributed by atoms with Gasteiger partial charge in [-0.05, 0) is 44.9 Å². The lowest BCUT2D eigenvalue weighted by atomic mass is 10.0. The molecule has 0 bridgehead atoms. The van der Waals surface area contributed by atoms with Gasteiger partial charge in [-0.2, -0.15) is 0 Å². The number of aliphatic hydroxyl groups excluding tert-OH is 1. The Hall–Kier alpha value is -3.47. The molecule has 210 valence electrons. The summed E-state index contributed by atoms with van der Waals surface area (Å²) in [5.74, 6) is -0.908. The van der Waals surface area contributed by atoms with Crippen molar-refractivity contribution < 1.29 is 23.9 Å². The summed E-state index contributed by atoms with van der Waals surface area (Å²) in [6, 6.07) is 3.20. The van der Waals surface area contributed by atoms with Crippen LogP contribution < -0.4 is 21.3 Å². The Morgan fingerprint density at radius 1 is 1.13 bits per heavy atom. The Labute approximate surface area is 222 Å². The van der Waals surface area contributed by atoms with E-state index in [0.717, 1.165) is 10.6 Å². The summed E-state index contributed by atoms with van der Waals surface area (Å²) >= 11 is 0. The van der Waals surface area contributed by atoms with Crippen LogP contribution in [0.4, 0.5) is 4.39 Å². The number of oxime groups is 1. The summed E-state index contributed by atoms with van der Waals surface area (Å²) in [5, 5.41) is 17.9. The second kappa shape index (κ2) is 13.4. The minimum absolute atomic E-state index is 0.0846. The Kier molecular flexibility index (Phi) is 10.8. The summed E-state index contributed by atoms with van der Waals surface area (Å²) in [7, 11) is 1.39. The summed E-state index contributed by atoms with van der Waals surface area (Å²) in [6.07, 6.45) is -0.268. The van der Waals surface area contributed by atoms with Crippen molar-refractivity contribution in [2.75, 3.05) is 7.11 Å². The lowest BCUT2D eigenvalue weighted by Crippen LogP contribution is -2.50. The van der Waals surface area contributed by atoms with Crippen molar-refractivity contribution in [1.82, 2.24) is 14.5 Å². The molecule has 0 saturated carbocycles. The first kappa shape index (κ1) is 30.8. The van der Waals surface area contributed by atoms with Gasteiger partial charge in [0, 0.05) is 23.7 Å². The van der Waals surface area contributed by atoms with Crippen LogP contribution in [0.15, 0.2) is 39.1 Å². The lowest BCUT2D eigenvalue weighted by molar-refractivity contribution is -0.125. The predicted molar refractivity (Wildman–Crippen MR) is 143 cm³/mol. The van der Waals surface area contributed by atoms with Crippen molar-refractivity contribution in [3.05, 3.63) is 62.2 Å². The standard InChI is InChI=1S/C27H39FN4O6/c1-15(2)22(29-25(34)16(3)4)13-32-26(35)21(18(7)30-38-17(5)6)12-31(27(32)36)14-23(33)20-11-19(28)9-10-24(20)37-8/h9-12,15-17,22-23,33H,13-14H2,1-8H3,(H,29,34)/b30-18+. The third-order valence-electron chi connectivity index (χ3n) is 5.98. The minimum Gasteiger partial charge on any atom is -0.496 e. The van der Waals surface area contributed by atoms with E-state index in [-0.39, 0.29) is 59.5 Å². The van der Waals surface area contributed by atoms with Crippen molar-refractivity contribution in [3.8, 4) is 5.75 Å². The molecule has 11 heteroatoms. The number of nitrogens with one attached hydrogen (secondary N) is 1. The highest BCUT2D eigenvalue weighted by molar-refractivity contribution is 5.97. The van der Waals surface area contributed by atoms with Crippen molar-refractivity contribution >= 4 is 11.6 Å². The molecular formula is C27H39FN4O6. The molecule has 0 aliphatic rings. The summed E-state index contributed by atoms with van der Waals surface area (Å²) in [4.78, 5) is 44.7. The zero-order valence-electron chi connectivity index (χ0n) is 23.3. The molecule has 0 saturated heterocycles. The first-order chi connectivity index (χ1) is 17.8. The van der Waals surface area contributed by atoms with E-state index in [9.17, 15) is 23.9 Å². The average Bonchev–Trinajstić information content (AvgIpc) is 2.85. The molecule has 38 heavy (non-hydrogen) atoms. The molecule has 0 fully saturated rings. The maximum absolute atomic E-state index is 13.9. The van der Waals surface area contributed by atoms with E-state index >= 15 is 0 Å². The number of rotatable bonds is 12. The Bertz CT molecular complexity index is 1270. The van der Waals surface area contributed by atoms with Gasteiger partial charge in [0.25, 0.3) is 5.56 Å². The van der Waals surface area contributed by atoms with E-state index in [0.29, 0.717) is 0 Å². The third-order valence-corrected chi connectivity index (χ3v) is 5.98. The van der Waals surface area contributed by atoms with Gasteiger partial charge in [-0.1, -0.05) is 32.9 Å². The van der Waals surface area contributed by atoms with E-state index in [2.05, 4.69) is 10.5 Å². The number of aromatic nitrogens is 2. The normalized spacial score (nSPS) is 13.7. The molecule has 1 aromatic carbocycles. The molecule has 1 aromatic heterocycles. The van der Waals surface area contributed by atoms with Crippen LogP contribution in [0.25, 0.3) is 0 Å². The smallest absolute Gasteiger partial charge is 0.331 e. The first-order valence-electron chi connectivity index (χ1n) is 12.6. The van der Waals surface area contributed by atoms with Crippen LogP contribution in [0.1, 0.15) is 65.7 Å². The van der Waals surface area contributed by atoms with E-state index in [4.69, 9.17) is 9.57 Å². The van der Waals surface area contributed by atoms with Crippen LogP contribution in [-0.4, -0.2) is 45.1 Å². The van der Waals surface area contributed by atoms with Crippen molar-refractivity contribution in [1.29, 1.82) is 0 Å². The molecule has 1 heterocycles. The van der Waals surface area contributed by atoms with Gasteiger partial charge in [0.15, 0.2) is 0 Å². The van der Waals surface area contributed by atoms with Crippen molar-refractivity contribution in [2.24, 2.45) is 17.0 Å². The van der Waals surface area contributed by atoms with Crippen molar-refractivity contribution in [2.45, 2.75) is 79.8 Å². The molecule has 0 aliphatic carbocycles. The predicted octanol–water partition coefficient (Wildman–Crippen LogP) is 2.84. The highest BCUT2D eigenvalue weighted by Gasteiger charge is 2.24. The summed E-state index contributed by atoms with van der Waals surface area (Å²) in [5.41, 5.74) is -0.841. The summed E-state index contributed by atoms with van der Waals surface area (Å²) < 4.78 is 21.4. The lowest BCUT2D eigenvalue weighted by Gasteiger charge is -2.25. The van der Waals surface area contributed by atoms with Crippen LogP contribution in [-0.2, 0) is 22.7 Å². The van der Waals surface area contributed by atoms with Crippen LogP contribution >= 0.6 is 0 Å². The zero-order valence-corrected chi connectivity index (χ0v) is 23.3. The molecule has 1 amide bonds. The number of carbonyl (C=O) groups excluding carboxylic acids is 1. The number of carbonyl (C=O) groups is 1. The number of methoxy groups -OCH3 is 1. The quantitative estimate of drug-likeness (QED) is 0.319. The van der Waals surface area contributed by atoms with Gasteiger partial charge in [0.1, 0.15) is 23.8 Å². The Balaban J connectivity index is 2.64. The Morgan fingerprint density at radius 2 is 1.79 bits per heavy atom. The second-order valence-corrected chi connectivity index (χ2v) is 10.1. The molecule has 2 aromatic rings. The number of hydrogen-bond acceptors (Lipinski definition) is 7. The van der Waals surface area contributed by atoms with Gasteiger partial charge in [0.05, 0.1) is 31.5 Å². The first-order valence-corrected chi connectivity index (χ1v) is 12.6. The van der Waals surface area contributed by atoms with Crippen LogP contribution in [0.2, 0.25) is 0 Å². The monoisotopic (exact) mass is 534 g/mol. The highest BCUT2D eigenvalue weighted by atomic mass is 19.1. The molecule has 0 spiro atoms. The minimum atomic E-state index is -1.33. The number of nitrogens with zero attached hydrogens (tertiary/aromatic N) is 3. The Morgan fingerprint density at radius 3 is 2.34 bits per heavy atom. The van der Waals surface area contributed by atoms with Gasteiger partial charge >= 0.3 is 5.69 Å². The number of ether oxygens (including phenoxy) is 1. The molecule has 0 radical (unpaired) electrons. The highest BCUT2D eigenvalue weighted by Crippen LogP contribution is 2.27. The zero-order chi connectivity index (χ0) is 28.7. The maximum atomic E-state index is 13.9. The SMILES string of the molecule is COc1ccc(F)cc1C(O)Cn1cc(/C(C)=N/OC(C)C)c(=O)n(CC(NC(=O)C(C)C)C(C)C)c1=O. The van der Waals surface area contributed by atoms with Gasteiger partial charge in [-0.15, -0.1) is 0 Å². The molecule has 0 aliphatic heterocycles. The molecule has 2 unspecified atom stereocenters. The van der Waals surface area contributed by atoms with E-state index in [1.54, 1.807) is 34.6 Å². The number of benzene rings is 1.